The molecule has 0 saturated heterocycles. The average Bonchev–Trinajstić information content (AvgIpc) is 3.29. The maximum absolute atomic E-state index is 12.4. The van der Waals surface area contributed by atoms with E-state index in [1.807, 2.05) is 25.1 Å². The van der Waals surface area contributed by atoms with E-state index in [9.17, 15) is 10.1 Å². The molecule has 1 N–H and O–H groups in total. The second-order valence-corrected chi connectivity index (χ2v) is 7.57. The van der Waals surface area contributed by atoms with Gasteiger partial charge in [-0.1, -0.05) is 17.8 Å². The summed E-state index contributed by atoms with van der Waals surface area (Å²) in [7, 11) is 0. The predicted molar refractivity (Wildman–Crippen MR) is 102 cm³/mol. The fourth-order valence-corrected chi connectivity index (χ4v) is 4.62. The summed E-state index contributed by atoms with van der Waals surface area (Å²) in [4.78, 5) is 17.0. The molecule has 0 atom stereocenters. The van der Waals surface area contributed by atoms with Crippen LogP contribution in [0.5, 0.6) is 0 Å². The van der Waals surface area contributed by atoms with Crippen molar-refractivity contribution in [1.82, 2.24) is 13.7 Å². The van der Waals surface area contributed by atoms with Crippen LogP contribution in [0.4, 0.5) is 5.69 Å². The van der Waals surface area contributed by atoms with Gasteiger partial charge in [-0.25, -0.2) is 4.98 Å². The molecule has 0 unspecified atom stereocenters. The summed E-state index contributed by atoms with van der Waals surface area (Å²) in [5.74, 6) is 0.0350. The van der Waals surface area contributed by atoms with Gasteiger partial charge in [-0.05, 0) is 49.4 Å². The minimum atomic E-state index is -0.153. The largest absolute Gasteiger partial charge is 0.323 e. The van der Waals surface area contributed by atoms with Gasteiger partial charge in [0.25, 0.3) is 0 Å². The van der Waals surface area contributed by atoms with E-state index in [1.165, 1.54) is 17.3 Å². The molecule has 1 aromatic carbocycles. The summed E-state index contributed by atoms with van der Waals surface area (Å²) < 4.78 is 8.40. The molecule has 6 nitrogen and oxygen atoms in total. The number of amides is 1. The van der Waals surface area contributed by atoms with E-state index < -0.39 is 0 Å². The van der Waals surface area contributed by atoms with Crippen LogP contribution in [0.15, 0.2) is 23.2 Å². The molecule has 2 heterocycles. The Morgan fingerprint density at radius 3 is 3.12 bits per heavy atom. The number of anilines is 1. The second-order valence-electron chi connectivity index (χ2n) is 6.08. The van der Waals surface area contributed by atoms with Crippen molar-refractivity contribution in [3.63, 3.8) is 0 Å². The van der Waals surface area contributed by atoms with Crippen LogP contribution < -0.4 is 5.32 Å². The number of aromatic nitrogens is 3. The molecule has 0 radical (unpaired) electrons. The quantitative estimate of drug-likeness (QED) is 0.696. The number of nitriles is 1. The molecule has 0 spiro atoms. The Morgan fingerprint density at radius 2 is 2.27 bits per heavy atom. The third kappa shape index (κ3) is 3.04. The highest BCUT2D eigenvalue weighted by molar-refractivity contribution is 8.00. The molecule has 3 aromatic rings. The SMILES string of the molecule is Cc1c(C#N)c(SCC(=O)Nc2cccc3nsnc23)nc2c1CCC2. The minimum Gasteiger partial charge on any atom is -0.323 e. The molecule has 0 aliphatic heterocycles. The number of pyridine rings is 1. The van der Waals surface area contributed by atoms with E-state index in [0.29, 0.717) is 21.8 Å². The van der Waals surface area contributed by atoms with Crippen LogP contribution >= 0.6 is 23.5 Å². The molecule has 1 amide bonds. The first-order valence-electron chi connectivity index (χ1n) is 8.23. The summed E-state index contributed by atoms with van der Waals surface area (Å²) in [5.41, 5.74) is 6.00. The number of benzene rings is 1. The van der Waals surface area contributed by atoms with Crippen LogP contribution in [0.3, 0.4) is 0 Å². The van der Waals surface area contributed by atoms with E-state index in [0.717, 1.165) is 47.8 Å². The summed E-state index contributed by atoms with van der Waals surface area (Å²) in [5, 5.41) is 13.0. The fraction of sp³-hybridized carbons (Fsp3) is 0.278. The maximum atomic E-state index is 12.4. The van der Waals surface area contributed by atoms with Gasteiger partial charge in [0.05, 0.1) is 28.7 Å². The highest BCUT2D eigenvalue weighted by Gasteiger charge is 2.21. The van der Waals surface area contributed by atoms with Gasteiger partial charge < -0.3 is 5.32 Å². The molecule has 0 bridgehead atoms. The zero-order valence-electron chi connectivity index (χ0n) is 14.1. The third-order valence-corrected chi connectivity index (χ3v) is 6.00. The van der Waals surface area contributed by atoms with Gasteiger partial charge in [-0.15, -0.1) is 0 Å². The summed E-state index contributed by atoms with van der Waals surface area (Å²) in [6.07, 6.45) is 3.01. The van der Waals surface area contributed by atoms with Crippen molar-refractivity contribution in [2.75, 3.05) is 11.1 Å². The van der Waals surface area contributed by atoms with E-state index in [1.54, 1.807) is 0 Å². The normalized spacial score (nSPS) is 12.8. The minimum absolute atomic E-state index is 0.153. The highest BCUT2D eigenvalue weighted by atomic mass is 32.2. The van der Waals surface area contributed by atoms with Crippen molar-refractivity contribution in [1.29, 1.82) is 5.26 Å². The summed E-state index contributed by atoms with van der Waals surface area (Å²) >= 11 is 2.43. The molecule has 2 aromatic heterocycles. The van der Waals surface area contributed by atoms with Gasteiger partial charge in [-0.3, -0.25) is 4.79 Å². The summed E-state index contributed by atoms with van der Waals surface area (Å²) in [6.45, 7) is 1.98. The number of carbonyl (C=O) groups is 1. The van der Waals surface area contributed by atoms with Gasteiger partial charge in [0.1, 0.15) is 22.1 Å². The predicted octanol–water partition coefficient (Wildman–Crippen LogP) is 3.49. The van der Waals surface area contributed by atoms with E-state index >= 15 is 0 Å². The number of fused-ring (bicyclic) bond motifs is 2. The molecule has 1 aliphatic rings. The number of hydrogen-bond donors (Lipinski definition) is 1. The molecule has 0 saturated carbocycles. The first-order chi connectivity index (χ1) is 12.7. The Bertz CT molecular complexity index is 1050. The van der Waals surface area contributed by atoms with Crippen molar-refractivity contribution in [2.45, 2.75) is 31.2 Å². The smallest absolute Gasteiger partial charge is 0.234 e. The third-order valence-electron chi connectivity index (χ3n) is 4.48. The second kappa shape index (κ2) is 7.02. The number of aryl methyl sites for hydroxylation is 1. The zero-order chi connectivity index (χ0) is 18.1. The lowest BCUT2D eigenvalue weighted by Crippen LogP contribution is -2.15. The Balaban J connectivity index is 1.51. The average molecular weight is 381 g/mol. The van der Waals surface area contributed by atoms with E-state index in [2.05, 4.69) is 25.1 Å². The number of hydrogen-bond acceptors (Lipinski definition) is 7. The molecule has 26 heavy (non-hydrogen) atoms. The molecule has 0 fully saturated rings. The summed E-state index contributed by atoms with van der Waals surface area (Å²) in [6, 6.07) is 7.77. The lowest BCUT2D eigenvalue weighted by Gasteiger charge is -2.11. The monoisotopic (exact) mass is 381 g/mol. The van der Waals surface area contributed by atoms with Crippen LogP contribution in [0.25, 0.3) is 11.0 Å². The van der Waals surface area contributed by atoms with Gasteiger partial charge in [0.2, 0.25) is 5.91 Å². The van der Waals surface area contributed by atoms with Crippen LogP contribution in [-0.2, 0) is 17.6 Å². The molecular weight excluding hydrogens is 366 g/mol. The van der Waals surface area contributed by atoms with Gasteiger partial charge in [-0.2, -0.15) is 14.0 Å². The molecule has 8 heteroatoms. The van der Waals surface area contributed by atoms with Crippen molar-refractivity contribution >= 4 is 46.1 Å². The van der Waals surface area contributed by atoms with Crippen LogP contribution in [0, 0.1) is 18.3 Å². The first-order valence-corrected chi connectivity index (χ1v) is 9.95. The van der Waals surface area contributed by atoms with Crippen molar-refractivity contribution in [3.05, 3.63) is 40.6 Å². The Hall–Kier alpha value is -2.50. The highest BCUT2D eigenvalue weighted by Crippen LogP contribution is 2.31. The first kappa shape index (κ1) is 16.9. The van der Waals surface area contributed by atoms with Crippen molar-refractivity contribution in [3.8, 4) is 6.07 Å². The standard InChI is InChI=1S/C18H15N5OS2/c1-10-11-4-2-5-13(11)21-18(12(10)8-19)25-9-16(24)20-14-6-3-7-15-17(14)23-26-22-15/h3,6-7H,2,4-5,9H2,1H3,(H,20,24). The number of thioether (sulfide) groups is 1. The van der Waals surface area contributed by atoms with Gasteiger partial charge in [0, 0.05) is 5.69 Å². The fourth-order valence-electron chi connectivity index (χ4n) is 3.21. The zero-order valence-corrected chi connectivity index (χ0v) is 15.7. The number of carbonyl (C=O) groups excluding carboxylic acids is 1. The number of nitrogens with zero attached hydrogens (tertiary/aromatic N) is 4. The Morgan fingerprint density at radius 1 is 1.38 bits per heavy atom. The lowest BCUT2D eigenvalue weighted by molar-refractivity contribution is -0.113. The maximum Gasteiger partial charge on any atom is 0.234 e. The van der Waals surface area contributed by atoms with Crippen LogP contribution in [-0.4, -0.2) is 25.4 Å². The number of nitrogens with one attached hydrogen (secondary N) is 1. The van der Waals surface area contributed by atoms with Gasteiger partial charge in [0.15, 0.2) is 0 Å². The van der Waals surface area contributed by atoms with Crippen LogP contribution in [0.1, 0.15) is 28.8 Å². The Labute approximate surface area is 159 Å². The molecule has 4 rings (SSSR count). The van der Waals surface area contributed by atoms with Crippen molar-refractivity contribution < 1.29 is 4.79 Å². The van der Waals surface area contributed by atoms with Gasteiger partial charge >= 0.3 is 0 Å². The van der Waals surface area contributed by atoms with Crippen molar-refractivity contribution in [2.24, 2.45) is 0 Å². The molecule has 1 aliphatic carbocycles. The van der Waals surface area contributed by atoms with Crippen LogP contribution in [0.2, 0.25) is 0 Å². The molecular formula is C18H15N5OS2. The van der Waals surface area contributed by atoms with E-state index in [-0.39, 0.29) is 11.7 Å². The number of rotatable bonds is 4. The van der Waals surface area contributed by atoms with E-state index in [4.69, 9.17) is 0 Å². The lowest BCUT2D eigenvalue weighted by atomic mass is 10.0. The topological polar surface area (TPSA) is 91.6 Å². The molecule has 130 valence electrons. The Kier molecular flexibility index (Phi) is 4.57.